The number of amides is 3. The molecule has 1 heterocycles. The lowest BCUT2D eigenvalue weighted by Gasteiger charge is -2.36. The zero-order valence-corrected chi connectivity index (χ0v) is 15.8. The highest BCUT2D eigenvalue weighted by Gasteiger charge is 2.21. The third-order valence-electron chi connectivity index (χ3n) is 4.47. The molecular weight excluding hydrogens is 364 g/mol. The van der Waals surface area contributed by atoms with Gasteiger partial charge in [0.1, 0.15) is 0 Å². The van der Waals surface area contributed by atoms with E-state index >= 15 is 0 Å². The molecule has 0 atom stereocenters. The van der Waals surface area contributed by atoms with Crippen LogP contribution in [0, 0.1) is 0 Å². The number of carbonyl (C=O) groups is 2. The second kappa shape index (κ2) is 9.28. The van der Waals surface area contributed by atoms with Crippen molar-refractivity contribution in [1.82, 2.24) is 15.5 Å². The van der Waals surface area contributed by atoms with E-state index in [9.17, 15) is 9.59 Å². The van der Waals surface area contributed by atoms with E-state index in [-0.39, 0.29) is 18.5 Å². The number of piperazine rings is 1. The number of hydrogen-bond donors (Lipinski definition) is 2. The SMILES string of the molecule is O=C(CNC(=O)N1CCN(c2cccc(Cl)c2)CC1)NCc1ccccc1. The van der Waals surface area contributed by atoms with Gasteiger partial charge in [0.25, 0.3) is 0 Å². The molecule has 2 aromatic rings. The fraction of sp³-hybridized carbons (Fsp3) is 0.300. The summed E-state index contributed by atoms with van der Waals surface area (Å²) in [6, 6.07) is 17.2. The number of halogens is 1. The maximum atomic E-state index is 12.3. The Bertz CT molecular complexity index is 777. The first kappa shape index (κ1) is 19.0. The van der Waals surface area contributed by atoms with Crippen LogP contribution in [0.15, 0.2) is 54.6 Å². The number of nitrogens with one attached hydrogen (secondary N) is 2. The van der Waals surface area contributed by atoms with Crippen LogP contribution in [0.3, 0.4) is 0 Å². The first-order valence-electron chi connectivity index (χ1n) is 8.96. The summed E-state index contributed by atoms with van der Waals surface area (Å²) in [5.74, 6) is -0.204. The van der Waals surface area contributed by atoms with Gasteiger partial charge in [0.15, 0.2) is 0 Å². The van der Waals surface area contributed by atoms with Crippen LogP contribution >= 0.6 is 11.6 Å². The lowest BCUT2D eigenvalue weighted by molar-refractivity contribution is -0.120. The van der Waals surface area contributed by atoms with Crippen LogP contribution in [0.1, 0.15) is 5.56 Å². The smallest absolute Gasteiger partial charge is 0.317 e. The van der Waals surface area contributed by atoms with E-state index in [2.05, 4.69) is 15.5 Å². The van der Waals surface area contributed by atoms with Gasteiger partial charge in [-0.1, -0.05) is 48.0 Å². The maximum Gasteiger partial charge on any atom is 0.317 e. The predicted octanol–water partition coefficient (Wildman–Crippen LogP) is 2.49. The van der Waals surface area contributed by atoms with Gasteiger partial charge in [-0.15, -0.1) is 0 Å². The van der Waals surface area contributed by atoms with Crippen molar-refractivity contribution in [1.29, 1.82) is 0 Å². The fourth-order valence-electron chi connectivity index (χ4n) is 2.97. The molecule has 3 amide bonds. The first-order valence-corrected chi connectivity index (χ1v) is 9.33. The summed E-state index contributed by atoms with van der Waals surface area (Å²) in [4.78, 5) is 28.1. The zero-order chi connectivity index (χ0) is 19.1. The topological polar surface area (TPSA) is 64.7 Å². The van der Waals surface area contributed by atoms with E-state index in [0.717, 1.165) is 24.3 Å². The summed E-state index contributed by atoms with van der Waals surface area (Å²) >= 11 is 6.04. The van der Waals surface area contributed by atoms with Gasteiger partial charge in [0.05, 0.1) is 6.54 Å². The molecule has 1 aliphatic heterocycles. The summed E-state index contributed by atoms with van der Waals surface area (Å²) in [5.41, 5.74) is 2.08. The average Bonchev–Trinajstić information content (AvgIpc) is 2.71. The maximum absolute atomic E-state index is 12.3. The molecular formula is C20H23ClN4O2. The Morgan fingerprint density at radius 3 is 2.37 bits per heavy atom. The van der Waals surface area contributed by atoms with Gasteiger partial charge in [-0.05, 0) is 23.8 Å². The molecule has 0 unspecified atom stereocenters. The standard InChI is InChI=1S/C20H23ClN4O2/c21-17-7-4-8-18(13-17)24-9-11-25(12-10-24)20(27)23-15-19(26)22-14-16-5-2-1-3-6-16/h1-8,13H,9-12,14-15H2,(H,22,26)(H,23,27). The quantitative estimate of drug-likeness (QED) is 0.829. The molecule has 7 heteroatoms. The number of benzene rings is 2. The number of hydrogen-bond acceptors (Lipinski definition) is 3. The minimum atomic E-state index is -0.212. The number of urea groups is 1. The third-order valence-corrected chi connectivity index (χ3v) is 4.71. The lowest BCUT2D eigenvalue weighted by atomic mass is 10.2. The van der Waals surface area contributed by atoms with Gasteiger partial charge in [0, 0.05) is 43.4 Å². The van der Waals surface area contributed by atoms with E-state index in [1.54, 1.807) is 4.90 Å². The largest absolute Gasteiger partial charge is 0.368 e. The Morgan fingerprint density at radius 2 is 1.67 bits per heavy atom. The van der Waals surface area contributed by atoms with E-state index in [4.69, 9.17) is 11.6 Å². The number of anilines is 1. The molecule has 6 nitrogen and oxygen atoms in total. The highest BCUT2D eigenvalue weighted by molar-refractivity contribution is 6.30. The summed E-state index contributed by atoms with van der Waals surface area (Å²) in [6.45, 7) is 3.09. The summed E-state index contributed by atoms with van der Waals surface area (Å²) in [7, 11) is 0. The molecule has 0 radical (unpaired) electrons. The van der Waals surface area contributed by atoms with Crippen molar-refractivity contribution in [2.45, 2.75) is 6.54 Å². The fourth-order valence-corrected chi connectivity index (χ4v) is 3.15. The second-order valence-corrected chi connectivity index (χ2v) is 6.81. The highest BCUT2D eigenvalue weighted by atomic mass is 35.5. The molecule has 1 aliphatic rings. The van der Waals surface area contributed by atoms with Crippen molar-refractivity contribution in [3.63, 3.8) is 0 Å². The van der Waals surface area contributed by atoms with Gasteiger partial charge in [-0.25, -0.2) is 4.79 Å². The summed E-state index contributed by atoms with van der Waals surface area (Å²) in [6.07, 6.45) is 0. The molecule has 2 aromatic carbocycles. The molecule has 0 saturated carbocycles. The van der Waals surface area contributed by atoms with Crippen molar-refractivity contribution in [3.05, 3.63) is 65.2 Å². The van der Waals surface area contributed by atoms with Crippen molar-refractivity contribution in [3.8, 4) is 0 Å². The van der Waals surface area contributed by atoms with E-state index in [1.807, 2.05) is 54.6 Å². The van der Waals surface area contributed by atoms with E-state index in [0.29, 0.717) is 24.7 Å². The Labute approximate surface area is 164 Å². The van der Waals surface area contributed by atoms with Crippen molar-refractivity contribution in [2.75, 3.05) is 37.6 Å². The highest BCUT2D eigenvalue weighted by Crippen LogP contribution is 2.20. The number of carbonyl (C=O) groups excluding carboxylic acids is 2. The molecule has 142 valence electrons. The molecule has 27 heavy (non-hydrogen) atoms. The van der Waals surface area contributed by atoms with Crippen molar-refractivity contribution >= 4 is 29.2 Å². The molecule has 3 rings (SSSR count). The number of rotatable bonds is 5. The molecule has 0 aromatic heterocycles. The summed E-state index contributed by atoms with van der Waals surface area (Å²) in [5, 5.41) is 6.19. The summed E-state index contributed by atoms with van der Waals surface area (Å²) < 4.78 is 0. The van der Waals surface area contributed by atoms with Crippen LogP contribution in [-0.4, -0.2) is 49.6 Å². The molecule has 1 fully saturated rings. The predicted molar refractivity (Wildman–Crippen MR) is 107 cm³/mol. The van der Waals surface area contributed by atoms with E-state index in [1.165, 1.54) is 0 Å². The van der Waals surface area contributed by atoms with Crippen LogP contribution in [0.25, 0.3) is 0 Å². The van der Waals surface area contributed by atoms with Gasteiger partial charge in [-0.2, -0.15) is 0 Å². The van der Waals surface area contributed by atoms with Gasteiger partial charge < -0.3 is 20.4 Å². The molecule has 0 spiro atoms. The van der Waals surface area contributed by atoms with Gasteiger partial charge in [-0.3, -0.25) is 4.79 Å². The normalized spacial score (nSPS) is 14.0. The monoisotopic (exact) mass is 386 g/mol. The lowest BCUT2D eigenvalue weighted by Crippen LogP contribution is -2.53. The molecule has 1 saturated heterocycles. The third kappa shape index (κ3) is 5.62. The molecule has 0 aliphatic carbocycles. The zero-order valence-electron chi connectivity index (χ0n) is 15.0. The van der Waals surface area contributed by atoms with Crippen LogP contribution in [0.4, 0.5) is 10.5 Å². The van der Waals surface area contributed by atoms with Gasteiger partial charge in [0.2, 0.25) is 5.91 Å². The Morgan fingerprint density at radius 1 is 0.926 bits per heavy atom. The molecule has 0 bridgehead atoms. The Hall–Kier alpha value is -2.73. The van der Waals surface area contributed by atoms with E-state index < -0.39 is 0 Å². The van der Waals surface area contributed by atoms with Crippen molar-refractivity contribution < 1.29 is 9.59 Å². The van der Waals surface area contributed by atoms with Gasteiger partial charge >= 0.3 is 6.03 Å². The van der Waals surface area contributed by atoms with Crippen molar-refractivity contribution in [2.24, 2.45) is 0 Å². The Balaban J connectivity index is 1.38. The van der Waals surface area contributed by atoms with Crippen LogP contribution < -0.4 is 15.5 Å². The first-order chi connectivity index (χ1) is 13.1. The minimum Gasteiger partial charge on any atom is -0.368 e. The molecule has 2 N–H and O–H groups in total. The number of nitrogens with zero attached hydrogens (tertiary/aromatic N) is 2. The second-order valence-electron chi connectivity index (χ2n) is 6.38. The van der Waals surface area contributed by atoms with Crippen LogP contribution in [0.5, 0.6) is 0 Å². The van der Waals surface area contributed by atoms with Crippen LogP contribution in [-0.2, 0) is 11.3 Å². The van der Waals surface area contributed by atoms with Crippen LogP contribution in [0.2, 0.25) is 5.02 Å². The average molecular weight is 387 g/mol. The minimum absolute atomic E-state index is 0.0276. The Kier molecular flexibility index (Phi) is 6.54.